The summed E-state index contributed by atoms with van der Waals surface area (Å²) in [6.07, 6.45) is 4.31. The van der Waals surface area contributed by atoms with Gasteiger partial charge in [0.2, 0.25) is 0 Å². The summed E-state index contributed by atoms with van der Waals surface area (Å²) in [6, 6.07) is 7.40. The molecule has 8 heteroatoms. The normalized spacial score (nSPS) is 17.8. The van der Waals surface area contributed by atoms with E-state index in [0.717, 1.165) is 44.3 Å². The Morgan fingerprint density at radius 3 is 2.54 bits per heavy atom. The van der Waals surface area contributed by atoms with Gasteiger partial charge in [0.1, 0.15) is 11.9 Å². The van der Waals surface area contributed by atoms with E-state index in [-0.39, 0.29) is 34.8 Å². The molecule has 0 bridgehead atoms. The molecular weight excluding hydrogens is 485 g/mol. The highest BCUT2D eigenvalue weighted by Gasteiger charge is 2.31. The summed E-state index contributed by atoms with van der Waals surface area (Å²) in [6.45, 7) is 5.24. The largest absolute Gasteiger partial charge is 0.489 e. The van der Waals surface area contributed by atoms with Gasteiger partial charge >= 0.3 is 0 Å². The predicted octanol–water partition coefficient (Wildman–Crippen LogP) is 3.80. The summed E-state index contributed by atoms with van der Waals surface area (Å²) in [5.41, 5.74) is 0. The van der Waals surface area contributed by atoms with Gasteiger partial charge in [0.05, 0.1) is 6.54 Å². The molecule has 1 aliphatic heterocycles. The number of benzene rings is 1. The molecule has 1 atom stereocenters. The second-order valence-electron chi connectivity index (χ2n) is 6.19. The molecule has 1 aromatic carbocycles. The first kappa shape index (κ1) is 23.7. The Bertz CT molecular complexity index is 554. The van der Waals surface area contributed by atoms with Crippen LogP contribution < -0.4 is 15.4 Å². The third-order valence-corrected chi connectivity index (χ3v) is 6.02. The minimum absolute atomic E-state index is 0. The van der Waals surface area contributed by atoms with Gasteiger partial charge in [-0.25, -0.2) is 0 Å². The maximum Gasteiger partial charge on any atom is 0.191 e. The lowest BCUT2D eigenvalue weighted by molar-refractivity contribution is 0.0782. The van der Waals surface area contributed by atoms with E-state index in [2.05, 4.69) is 21.9 Å². The van der Waals surface area contributed by atoms with E-state index < -0.39 is 0 Å². The van der Waals surface area contributed by atoms with Crippen molar-refractivity contribution in [2.24, 2.45) is 4.99 Å². The molecule has 26 heavy (non-hydrogen) atoms. The third-order valence-electron chi connectivity index (χ3n) is 4.35. The number of nitrogens with zero attached hydrogens (tertiary/aromatic N) is 1. The van der Waals surface area contributed by atoms with Crippen LogP contribution in [-0.4, -0.2) is 56.4 Å². The molecule has 148 valence electrons. The monoisotopic (exact) mass is 513 g/mol. The molecule has 0 saturated carbocycles. The molecule has 0 aliphatic carbocycles. The summed E-state index contributed by atoms with van der Waals surface area (Å²) in [5.74, 6) is 1.61. The van der Waals surface area contributed by atoms with Crippen LogP contribution in [0.4, 0.5) is 0 Å². The molecular formula is C18H29ClIN3O2S. The van der Waals surface area contributed by atoms with Gasteiger partial charge in [-0.2, -0.15) is 11.8 Å². The van der Waals surface area contributed by atoms with E-state index >= 15 is 0 Å². The van der Waals surface area contributed by atoms with E-state index in [1.54, 1.807) is 7.05 Å². The van der Waals surface area contributed by atoms with E-state index in [1.807, 2.05) is 43.0 Å². The Labute approximate surface area is 183 Å². The van der Waals surface area contributed by atoms with E-state index in [4.69, 9.17) is 21.1 Å². The summed E-state index contributed by atoms with van der Waals surface area (Å²) in [4.78, 5) is 4.31. The van der Waals surface area contributed by atoms with Crippen molar-refractivity contribution in [2.45, 2.75) is 30.6 Å². The molecule has 5 nitrogen and oxygen atoms in total. The molecule has 1 heterocycles. The number of halogens is 2. The number of ether oxygens (including phenoxy) is 2. The van der Waals surface area contributed by atoms with Crippen molar-refractivity contribution in [3.05, 3.63) is 29.3 Å². The van der Waals surface area contributed by atoms with Gasteiger partial charge in [0.15, 0.2) is 5.96 Å². The molecule has 1 unspecified atom stereocenters. The van der Waals surface area contributed by atoms with Gasteiger partial charge in [-0.1, -0.05) is 11.6 Å². The maximum absolute atomic E-state index is 5.89. The smallest absolute Gasteiger partial charge is 0.191 e. The molecule has 0 radical (unpaired) electrons. The average molecular weight is 514 g/mol. The standard InChI is InChI=1S/C18H28ClN3O2S.HI/c1-14(24-16-6-4-15(19)5-7-16)12-21-17(20-2)22-13-18(25-3)8-10-23-11-9-18;/h4-7,14H,8-13H2,1-3H3,(H2,20,21,22);1H. The van der Waals surface area contributed by atoms with Crippen molar-refractivity contribution < 1.29 is 9.47 Å². The quantitative estimate of drug-likeness (QED) is 0.330. The van der Waals surface area contributed by atoms with Crippen LogP contribution in [0.3, 0.4) is 0 Å². The van der Waals surface area contributed by atoms with Crippen LogP contribution in [0, 0.1) is 0 Å². The summed E-state index contributed by atoms with van der Waals surface area (Å²) < 4.78 is 11.6. The molecule has 0 spiro atoms. The highest BCUT2D eigenvalue weighted by atomic mass is 127. The van der Waals surface area contributed by atoms with Crippen LogP contribution in [0.25, 0.3) is 0 Å². The Kier molecular flexibility index (Phi) is 11.1. The van der Waals surface area contributed by atoms with Gasteiger partial charge in [0, 0.05) is 36.6 Å². The fraction of sp³-hybridized carbons (Fsp3) is 0.611. The molecule has 2 N–H and O–H groups in total. The van der Waals surface area contributed by atoms with Crippen molar-refractivity contribution in [1.29, 1.82) is 0 Å². The van der Waals surface area contributed by atoms with Gasteiger partial charge < -0.3 is 20.1 Å². The summed E-state index contributed by atoms with van der Waals surface area (Å²) >= 11 is 7.80. The Hall–Kier alpha value is -0.380. The summed E-state index contributed by atoms with van der Waals surface area (Å²) in [5, 5.41) is 7.48. The number of hydrogen-bond donors (Lipinski definition) is 2. The number of hydrogen-bond acceptors (Lipinski definition) is 4. The number of aliphatic imine (C=N–C) groups is 1. The molecule has 1 aliphatic rings. The minimum Gasteiger partial charge on any atom is -0.489 e. The van der Waals surface area contributed by atoms with Crippen LogP contribution in [-0.2, 0) is 4.74 Å². The molecule has 1 saturated heterocycles. The lowest BCUT2D eigenvalue weighted by Gasteiger charge is -2.36. The Balaban J connectivity index is 0.00000338. The highest BCUT2D eigenvalue weighted by Crippen LogP contribution is 2.32. The maximum atomic E-state index is 5.89. The van der Waals surface area contributed by atoms with Crippen LogP contribution in [0.5, 0.6) is 5.75 Å². The predicted molar refractivity (Wildman–Crippen MR) is 123 cm³/mol. The third kappa shape index (κ3) is 7.70. The molecule has 1 aromatic rings. The SMILES string of the molecule is CN=C(NCC(C)Oc1ccc(Cl)cc1)NCC1(SC)CCOCC1.I. The van der Waals surface area contributed by atoms with Gasteiger partial charge in [-0.15, -0.1) is 24.0 Å². The average Bonchev–Trinajstić information content (AvgIpc) is 2.64. The number of thioether (sulfide) groups is 1. The highest BCUT2D eigenvalue weighted by molar-refractivity contribution is 14.0. The van der Waals surface area contributed by atoms with Crippen molar-refractivity contribution >= 4 is 53.3 Å². The van der Waals surface area contributed by atoms with Crippen LogP contribution in [0.15, 0.2) is 29.3 Å². The Morgan fingerprint density at radius 1 is 1.31 bits per heavy atom. The summed E-state index contributed by atoms with van der Waals surface area (Å²) in [7, 11) is 1.79. The molecule has 2 rings (SSSR count). The van der Waals surface area contributed by atoms with E-state index in [0.29, 0.717) is 11.6 Å². The van der Waals surface area contributed by atoms with Crippen LogP contribution >= 0.6 is 47.3 Å². The topological polar surface area (TPSA) is 54.9 Å². The fourth-order valence-corrected chi connectivity index (χ4v) is 3.61. The number of guanidine groups is 1. The fourth-order valence-electron chi connectivity index (χ4n) is 2.69. The zero-order valence-electron chi connectivity index (χ0n) is 15.6. The van der Waals surface area contributed by atoms with Gasteiger partial charge in [-0.05, 0) is 50.3 Å². The van der Waals surface area contributed by atoms with Crippen molar-refractivity contribution in [3.8, 4) is 5.75 Å². The van der Waals surface area contributed by atoms with Crippen LogP contribution in [0.1, 0.15) is 19.8 Å². The minimum atomic E-state index is 0. The van der Waals surface area contributed by atoms with E-state index in [1.165, 1.54) is 0 Å². The molecule has 0 amide bonds. The molecule has 0 aromatic heterocycles. The zero-order valence-corrected chi connectivity index (χ0v) is 19.5. The second-order valence-corrected chi connectivity index (χ2v) is 7.90. The second kappa shape index (κ2) is 12.2. The van der Waals surface area contributed by atoms with Crippen molar-refractivity contribution in [1.82, 2.24) is 10.6 Å². The lowest BCUT2D eigenvalue weighted by Crippen LogP contribution is -2.49. The Morgan fingerprint density at radius 2 is 1.96 bits per heavy atom. The lowest BCUT2D eigenvalue weighted by atomic mass is 9.99. The molecule has 1 fully saturated rings. The number of nitrogens with one attached hydrogen (secondary N) is 2. The first-order chi connectivity index (χ1) is 12.1. The van der Waals surface area contributed by atoms with Gasteiger partial charge in [0.25, 0.3) is 0 Å². The zero-order chi connectivity index (χ0) is 18.1. The number of rotatable bonds is 7. The first-order valence-corrected chi connectivity index (χ1v) is 10.2. The van der Waals surface area contributed by atoms with Crippen molar-refractivity contribution in [2.75, 3.05) is 39.6 Å². The first-order valence-electron chi connectivity index (χ1n) is 8.56. The van der Waals surface area contributed by atoms with E-state index in [9.17, 15) is 0 Å². The van der Waals surface area contributed by atoms with Crippen LogP contribution in [0.2, 0.25) is 5.02 Å². The van der Waals surface area contributed by atoms with Gasteiger partial charge in [-0.3, -0.25) is 4.99 Å². The van der Waals surface area contributed by atoms with Crippen molar-refractivity contribution in [3.63, 3.8) is 0 Å².